The third-order valence-corrected chi connectivity index (χ3v) is 2.79. The summed E-state index contributed by atoms with van der Waals surface area (Å²) in [7, 11) is 1.37. The summed E-state index contributed by atoms with van der Waals surface area (Å²) < 4.78 is 0. The maximum absolute atomic E-state index is 11.6. The van der Waals surface area contributed by atoms with Crippen molar-refractivity contribution in [3.8, 4) is 0 Å². The van der Waals surface area contributed by atoms with Crippen molar-refractivity contribution in [2.75, 3.05) is 7.11 Å². The highest BCUT2D eigenvalue weighted by Crippen LogP contribution is 2.41. The number of hydroxylamine groups is 2. The van der Waals surface area contributed by atoms with E-state index in [1.165, 1.54) is 7.11 Å². The molecule has 0 spiro atoms. The van der Waals surface area contributed by atoms with Gasteiger partial charge < -0.3 is 0 Å². The lowest BCUT2D eigenvalue weighted by Gasteiger charge is -2.28. The van der Waals surface area contributed by atoms with Gasteiger partial charge in [-0.15, -0.1) is 0 Å². The fourth-order valence-corrected chi connectivity index (χ4v) is 1.91. The number of hydrogen-bond acceptors (Lipinski definition) is 3. The molecule has 1 heterocycles. The molecule has 2 aliphatic rings. The van der Waals surface area contributed by atoms with E-state index < -0.39 is 0 Å². The van der Waals surface area contributed by atoms with Crippen LogP contribution in [0.5, 0.6) is 0 Å². The summed E-state index contributed by atoms with van der Waals surface area (Å²) in [5, 5.41) is 0.923. The molecule has 1 unspecified atom stereocenters. The Morgan fingerprint density at radius 1 is 1.31 bits per heavy atom. The van der Waals surface area contributed by atoms with E-state index in [2.05, 4.69) is 0 Å². The quantitative estimate of drug-likeness (QED) is 0.593. The number of carbonyl (C=O) groups is 2. The van der Waals surface area contributed by atoms with E-state index in [-0.39, 0.29) is 17.7 Å². The molecule has 0 aromatic rings. The minimum atomic E-state index is -0.204. The minimum Gasteiger partial charge on any atom is -0.272 e. The molecule has 0 aromatic carbocycles. The number of nitrogens with zero attached hydrogens (tertiary/aromatic N) is 1. The summed E-state index contributed by atoms with van der Waals surface area (Å²) >= 11 is 0. The molecule has 0 radical (unpaired) electrons. The molecule has 2 rings (SSSR count). The fraction of sp³-hybridized carbons (Fsp3) is 0.778. The number of piperidine rings is 1. The van der Waals surface area contributed by atoms with Crippen molar-refractivity contribution in [2.45, 2.75) is 25.7 Å². The number of imide groups is 1. The zero-order valence-corrected chi connectivity index (χ0v) is 7.66. The second-order valence-electron chi connectivity index (χ2n) is 3.69. The lowest BCUT2D eigenvalue weighted by Crippen LogP contribution is -2.44. The SMILES string of the molecule is CON1C(=O)CCC(C2CC2)C1=O. The van der Waals surface area contributed by atoms with Crippen LogP contribution in [0.15, 0.2) is 0 Å². The van der Waals surface area contributed by atoms with E-state index in [1.54, 1.807) is 0 Å². The summed E-state index contributed by atoms with van der Waals surface area (Å²) in [6.45, 7) is 0. The van der Waals surface area contributed by atoms with Gasteiger partial charge in [-0.1, -0.05) is 0 Å². The van der Waals surface area contributed by atoms with Crippen LogP contribution in [-0.4, -0.2) is 24.0 Å². The summed E-state index contributed by atoms with van der Waals surface area (Å²) in [6.07, 6.45) is 3.41. The molecule has 4 nitrogen and oxygen atoms in total. The number of carbonyl (C=O) groups excluding carboxylic acids is 2. The Labute approximate surface area is 76.8 Å². The van der Waals surface area contributed by atoms with Crippen LogP contribution in [0.2, 0.25) is 0 Å². The van der Waals surface area contributed by atoms with Gasteiger partial charge in [0.25, 0.3) is 11.8 Å². The zero-order chi connectivity index (χ0) is 9.42. The van der Waals surface area contributed by atoms with E-state index in [0.29, 0.717) is 18.8 Å². The monoisotopic (exact) mass is 183 g/mol. The van der Waals surface area contributed by atoms with Gasteiger partial charge in [-0.05, 0) is 25.2 Å². The predicted octanol–water partition coefficient (Wildman–Crippen LogP) is 0.723. The first-order valence-corrected chi connectivity index (χ1v) is 4.65. The van der Waals surface area contributed by atoms with Gasteiger partial charge >= 0.3 is 0 Å². The molecule has 2 fully saturated rings. The van der Waals surface area contributed by atoms with Crippen LogP contribution in [-0.2, 0) is 14.4 Å². The Balaban J connectivity index is 2.09. The first-order chi connectivity index (χ1) is 6.24. The van der Waals surface area contributed by atoms with Crippen molar-refractivity contribution in [1.29, 1.82) is 0 Å². The van der Waals surface area contributed by atoms with E-state index in [9.17, 15) is 9.59 Å². The fourth-order valence-electron chi connectivity index (χ4n) is 1.91. The summed E-state index contributed by atoms with van der Waals surface area (Å²) in [5.41, 5.74) is 0. The summed E-state index contributed by atoms with van der Waals surface area (Å²) in [6, 6.07) is 0. The van der Waals surface area contributed by atoms with E-state index in [1.807, 2.05) is 0 Å². The van der Waals surface area contributed by atoms with Crippen LogP contribution in [0, 0.1) is 11.8 Å². The highest BCUT2D eigenvalue weighted by molar-refractivity contribution is 5.97. The van der Waals surface area contributed by atoms with Crippen LogP contribution >= 0.6 is 0 Å². The molecule has 0 aromatic heterocycles. The molecule has 2 amide bonds. The van der Waals surface area contributed by atoms with Crippen LogP contribution < -0.4 is 0 Å². The van der Waals surface area contributed by atoms with Crippen LogP contribution in [0.3, 0.4) is 0 Å². The van der Waals surface area contributed by atoms with Gasteiger partial charge in [0, 0.05) is 12.3 Å². The van der Waals surface area contributed by atoms with Crippen molar-refractivity contribution in [3.63, 3.8) is 0 Å². The molecule has 13 heavy (non-hydrogen) atoms. The maximum Gasteiger partial charge on any atom is 0.256 e. The normalized spacial score (nSPS) is 29.6. The Morgan fingerprint density at radius 2 is 2.00 bits per heavy atom. The van der Waals surface area contributed by atoms with E-state index in [0.717, 1.165) is 17.9 Å². The molecular weight excluding hydrogens is 170 g/mol. The summed E-state index contributed by atoms with van der Waals surface area (Å²) in [5.74, 6) is 0.210. The van der Waals surface area contributed by atoms with Gasteiger partial charge in [-0.3, -0.25) is 14.4 Å². The predicted molar refractivity (Wildman–Crippen MR) is 44.3 cm³/mol. The van der Waals surface area contributed by atoms with E-state index >= 15 is 0 Å². The number of amides is 2. The Kier molecular flexibility index (Phi) is 2.07. The third kappa shape index (κ3) is 1.46. The Bertz CT molecular complexity index is 247. The largest absolute Gasteiger partial charge is 0.272 e. The molecule has 1 atom stereocenters. The molecule has 1 aliphatic carbocycles. The third-order valence-electron chi connectivity index (χ3n) is 2.79. The first-order valence-electron chi connectivity index (χ1n) is 4.65. The lowest BCUT2D eigenvalue weighted by molar-refractivity contribution is -0.195. The topological polar surface area (TPSA) is 46.6 Å². The molecule has 0 bridgehead atoms. The average molecular weight is 183 g/mol. The number of rotatable bonds is 2. The summed E-state index contributed by atoms with van der Waals surface area (Å²) in [4.78, 5) is 27.6. The highest BCUT2D eigenvalue weighted by Gasteiger charge is 2.43. The number of hydrogen-bond donors (Lipinski definition) is 0. The van der Waals surface area contributed by atoms with Crippen LogP contribution in [0.1, 0.15) is 25.7 Å². The van der Waals surface area contributed by atoms with Gasteiger partial charge in [-0.25, -0.2) is 0 Å². The molecule has 1 aliphatic heterocycles. The minimum absolute atomic E-state index is 0.0395. The lowest BCUT2D eigenvalue weighted by atomic mass is 9.93. The smallest absolute Gasteiger partial charge is 0.256 e. The van der Waals surface area contributed by atoms with E-state index in [4.69, 9.17) is 4.84 Å². The van der Waals surface area contributed by atoms with Crippen LogP contribution in [0.25, 0.3) is 0 Å². The van der Waals surface area contributed by atoms with Crippen molar-refractivity contribution in [2.24, 2.45) is 11.8 Å². The molecule has 1 saturated heterocycles. The highest BCUT2D eigenvalue weighted by atomic mass is 16.7. The second-order valence-corrected chi connectivity index (χ2v) is 3.69. The molecule has 1 saturated carbocycles. The van der Waals surface area contributed by atoms with Crippen molar-refractivity contribution < 1.29 is 14.4 Å². The van der Waals surface area contributed by atoms with Gasteiger partial charge in [0.15, 0.2) is 0 Å². The first kappa shape index (κ1) is 8.69. The zero-order valence-electron chi connectivity index (χ0n) is 7.66. The van der Waals surface area contributed by atoms with Crippen LogP contribution in [0.4, 0.5) is 0 Å². The van der Waals surface area contributed by atoms with Crippen molar-refractivity contribution in [3.05, 3.63) is 0 Å². The standard InChI is InChI=1S/C9H13NO3/c1-13-10-8(11)5-4-7(9(10)12)6-2-3-6/h6-7H,2-5H2,1H3. The maximum atomic E-state index is 11.6. The van der Waals surface area contributed by atoms with Crippen molar-refractivity contribution >= 4 is 11.8 Å². The average Bonchev–Trinajstić information content (AvgIpc) is 2.88. The molecule has 0 N–H and O–H groups in total. The van der Waals surface area contributed by atoms with Gasteiger partial charge in [0.1, 0.15) is 0 Å². The Morgan fingerprint density at radius 3 is 2.54 bits per heavy atom. The molecule has 72 valence electrons. The van der Waals surface area contributed by atoms with Gasteiger partial charge in [0.05, 0.1) is 7.11 Å². The molecule has 4 heteroatoms. The Hall–Kier alpha value is -0.900. The molecular formula is C9H13NO3. The van der Waals surface area contributed by atoms with Gasteiger partial charge in [-0.2, -0.15) is 5.06 Å². The van der Waals surface area contributed by atoms with Gasteiger partial charge in [0.2, 0.25) is 0 Å². The second kappa shape index (κ2) is 3.10. The van der Waals surface area contributed by atoms with Crippen molar-refractivity contribution in [1.82, 2.24) is 5.06 Å².